The van der Waals surface area contributed by atoms with Gasteiger partial charge in [0.05, 0.1) is 10.7 Å². The van der Waals surface area contributed by atoms with Crippen molar-refractivity contribution in [2.75, 3.05) is 24.6 Å². The molecular formula is C12H16ClNO. The van der Waals surface area contributed by atoms with Gasteiger partial charge in [-0.25, -0.2) is 0 Å². The molecule has 1 aromatic carbocycles. The fourth-order valence-electron chi connectivity index (χ4n) is 2.05. The molecule has 0 amide bonds. The highest BCUT2D eigenvalue weighted by molar-refractivity contribution is 6.33. The van der Waals surface area contributed by atoms with Gasteiger partial charge in [-0.2, -0.15) is 0 Å². The highest BCUT2D eigenvalue weighted by Crippen LogP contribution is 2.29. The molecule has 1 fully saturated rings. The van der Waals surface area contributed by atoms with Crippen molar-refractivity contribution in [1.82, 2.24) is 0 Å². The molecule has 82 valence electrons. The molecular weight excluding hydrogens is 210 g/mol. The Morgan fingerprint density at radius 1 is 1.27 bits per heavy atom. The number of rotatable bonds is 3. The Hall–Kier alpha value is -0.730. The third-order valence-electron chi connectivity index (χ3n) is 2.86. The molecule has 0 atom stereocenters. The van der Waals surface area contributed by atoms with Crippen molar-refractivity contribution in [2.24, 2.45) is 0 Å². The van der Waals surface area contributed by atoms with Gasteiger partial charge in [0.1, 0.15) is 0 Å². The van der Waals surface area contributed by atoms with Crippen LogP contribution in [0.2, 0.25) is 5.02 Å². The van der Waals surface area contributed by atoms with Crippen LogP contribution in [0.1, 0.15) is 18.4 Å². The van der Waals surface area contributed by atoms with E-state index in [9.17, 15) is 0 Å². The Labute approximate surface area is 95.5 Å². The molecule has 1 aromatic rings. The Balaban J connectivity index is 2.18. The van der Waals surface area contributed by atoms with E-state index in [1.165, 1.54) is 12.8 Å². The van der Waals surface area contributed by atoms with Gasteiger partial charge in [-0.3, -0.25) is 0 Å². The zero-order valence-corrected chi connectivity index (χ0v) is 9.50. The van der Waals surface area contributed by atoms with Gasteiger partial charge in [0, 0.05) is 19.7 Å². The van der Waals surface area contributed by atoms with Crippen molar-refractivity contribution in [3.05, 3.63) is 28.8 Å². The third kappa shape index (κ3) is 2.44. The number of benzene rings is 1. The first-order valence-corrected chi connectivity index (χ1v) is 5.83. The summed E-state index contributed by atoms with van der Waals surface area (Å²) in [5.41, 5.74) is 2.24. The van der Waals surface area contributed by atoms with Crippen LogP contribution in [-0.2, 0) is 6.42 Å². The molecule has 0 radical (unpaired) electrons. The largest absolute Gasteiger partial charge is 0.396 e. The summed E-state index contributed by atoms with van der Waals surface area (Å²) >= 11 is 6.22. The van der Waals surface area contributed by atoms with E-state index in [-0.39, 0.29) is 6.61 Å². The zero-order valence-electron chi connectivity index (χ0n) is 8.75. The lowest BCUT2D eigenvalue weighted by Crippen LogP contribution is -2.17. The van der Waals surface area contributed by atoms with Crippen molar-refractivity contribution >= 4 is 17.3 Å². The van der Waals surface area contributed by atoms with Gasteiger partial charge in [-0.05, 0) is 37.0 Å². The number of aliphatic hydroxyl groups is 1. The number of anilines is 1. The van der Waals surface area contributed by atoms with E-state index in [2.05, 4.69) is 17.0 Å². The lowest BCUT2D eigenvalue weighted by molar-refractivity contribution is 0.299. The Kier molecular flexibility index (Phi) is 3.49. The van der Waals surface area contributed by atoms with Crippen LogP contribution < -0.4 is 4.90 Å². The van der Waals surface area contributed by atoms with Gasteiger partial charge >= 0.3 is 0 Å². The maximum Gasteiger partial charge on any atom is 0.0642 e. The standard InChI is InChI=1S/C12H16ClNO/c13-11-9-10(5-8-15)3-4-12(11)14-6-1-2-7-14/h3-4,9,15H,1-2,5-8H2. The minimum absolute atomic E-state index is 0.180. The molecule has 3 heteroatoms. The summed E-state index contributed by atoms with van der Waals surface area (Å²) in [7, 11) is 0. The number of aliphatic hydroxyl groups excluding tert-OH is 1. The smallest absolute Gasteiger partial charge is 0.0642 e. The minimum Gasteiger partial charge on any atom is -0.396 e. The SMILES string of the molecule is OCCc1ccc(N2CCCC2)c(Cl)c1. The van der Waals surface area contributed by atoms with E-state index >= 15 is 0 Å². The molecule has 0 aliphatic carbocycles. The average molecular weight is 226 g/mol. The van der Waals surface area contributed by atoms with Gasteiger partial charge in [-0.15, -0.1) is 0 Å². The summed E-state index contributed by atoms with van der Waals surface area (Å²) in [5, 5.41) is 9.65. The summed E-state index contributed by atoms with van der Waals surface area (Å²) in [6, 6.07) is 6.08. The van der Waals surface area contributed by atoms with Crippen molar-refractivity contribution < 1.29 is 5.11 Å². The number of halogens is 1. The lowest BCUT2D eigenvalue weighted by atomic mass is 10.1. The lowest BCUT2D eigenvalue weighted by Gasteiger charge is -2.19. The van der Waals surface area contributed by atoms with E-state index in [1.54, 1.807) is 0 Å². The van der Waals surface area contributed by atoms with Crippen LogP contribution in [0.15, 0.2) is 18.2 Å². The predicted molar refractivity (Wildman–Crippen MR) is 63.7 cm³/mol. The second-order valence-corrected chi connectivity index (χ2v) is 4.36. The molecule has 1 aliphatic rings. The maximum atomic E-state index is 8.84. The quantitative estimate of drug-likeness (QED) is 0.855. The van der Waals surface area contributed by atoms with Crippen molar-refractivity contribution in [2.45, 2.75) is 19.3 Å². The molecule has 0 bridgehead atoms. The van der Waals surface area contributed by atoms with E-state index in [0.29, 0.717) is 6.42 Å². The number of hydrogen-bond donors (Lipinski definition) is 1. The van der Waals surface area contributed by atoms with Crippen molar-refractivity contribution in [3.63, 3.8) is 0 Å². The first-order valence-electron chi connectivity index (χ1n) is 5.45. The van der Waals surface area contributed by atoms with Gasteiger partial charge in [0.25, 0.3) is 0 Å². The molecule has 1 heterocycles. The van der Waals surface area contributed by atoms with Gasteiger partial charge in [0.2, 0.25) is 0 Å². The van der Waals surface area contributed by atoms with Crippen molar-refractivity contribution in [1.29, 1.82) is 0 Å². The fourth-order valence-corrected chi connectivity index (χ4v) is 2.37. The van der Waals surface area contributed by atoms with Crippen LogP contribution in [0.25, 0.3) is 0 Å². The number of hydrogen-bond acceptors (Lipinski definition) is 2. The molecule has 2 nitrogen and oxygen atoms in total. The molecule has 1 aliphatic heterocycles. The molecule has 1 N–H and O–H groups in total. The fraction of sp³-hybridized carbons (Fsp3) is 0.500. The first kappa shape index (κ1) is 10.8. The molecule has 0 spiro atoms. The van der Waals surface area contributed by atoms with Crippen LogP contribution in [0, 0.1) is 0 Å². The van der Waals surface area contributed by atoms with Gasteiger partial charge < -0.3 is 10.0 Å². The summed E-state index contributed by atoms with van der Waals surface area (Å²) in [4.78, 5) is 2.32. The van der Waals surface area contributed by atoms with E-state index in [1.807, 2.05) is 6.07 Å². The van der Waals surface area contributed by atoms with Crippen LogP contribution in [0.5, 0.6) is 0 Å². The molecule has 0 saturated carbocycles. The second kappa shape index (κ2) is 4.86. The topological polar surface area (TPSA) is 23.5 Å². The zero-order chi connectivity index (χ0) is 10.7. The van der Waals surface area contributed by atoms with Gasteiger partial charge in [0.15, 0.2) is 0 Å². The summed E-state index contributed by atoms with van der Waals surface area (Å²) in [6.45, 7) is 2.40. The Morgan fingerprint density at radius 3 is 2.60 bits per heavy atom. The highest BCUT2D eigenvalue weighted by atomic mass is 35.5. The molecule has 0 unspecified atom stereocenters. The van der Waals surface area contributed by atoms with Crippen LogP contribution in [-0.4, -0.2) is 24.8 Å². The van der Waals surface area contributed by atoms with Crippen LogP contribution in [0.3, 0.4) is 0 Å². The number of nitrogens with zero attached hydrogens (tertiary/aromatic N) is 1. The first-order chi connectivity index (χ1) is 7.31. The summed E-state index contributed by atoms with van der Waals surface area (Å²) in [5.74, 6) is 0. The average Bonchev–Trinajstić information content (AvgIpc) is 2.71. The van der Waals surface area contributed by atoms with Gasteiger partial charge in [-0.1, -0.05) is 17.7 Å². The highest BCUT2D eigenvalue weighted by Gasteiger charge is 2.14. The third-order valence-corrected chi connectivity index (χ3v) is 3.16. The maximum absolute atomic E-state index is 8.84. The molecule has 2 rings (SSSR count). The minimum atomic E-state index is 0.180. The normalized spacial score (nSPS) is 16.0. The second-order valence-electron chi connectivity index (χ2n) is 3.95. The van der Waals surface area contributed by atoms with Crippen molar-refractivity contribution in [3.8, 4) is 0 Å². The van der Waals surface area contributed by atoms with E-state index < -0.39 is 0 Å². The molecule has 15 heavy (non-hydrogen) atoms. The van der Waals surface area contributed by atoms with E-state index in [0.717, 1.165) is 29.4 Å². The molecule has 1 saturated heterocycles. The van der Waals surface area contributed by atoms with Crippen LogP contribution in [0.4, 0.5) is 5.69 Å². The Bertz CT molecular complexity index is 334. The Morgan fingerprint density at radius 2 is 2.00 bits per heavy atom. The predicted octanol–water partition coefficient (Wildman–Crippen LogP) is 2.48. The summed E-state index contributed by atoms with van der Waals surface area (Å²) < 4.78 is 0. The monoisotopic (exact) mass is 225 g/mol. The summed E-state index contributed by atoms with van der Waals surface area (Å²) in [6.07, 6.45) is 3.20. The van der Waals surface area contributed by atoms with E-state index in [4.69, 9.17) is 16.7 Å². The van der Waals surface area contributed by atoms with Crippen LogP contribution >= 0.6 is 11.6 Å². The molecule has 0 aromatic heterocycles.